The summed E-state index contributed by atoms with van der Waals surface area (Å²) in [5.41, 5.74) is 3.32. The van der Waals surface area contributed by atoms with Gasteiger partial charge in [-0.15, -0.1) is 0 Å². The number of nitrogens with one attached hydrogen (secondary N) is 1. The molecular weight excluding hydrogens is 586 g/mol. The summed E-state index contributed by atoms with van der Waals surface area (Å²) in [7, 11) is -2.18. The molecule has 0 spiro atoms. The van der Waals surface area contributed by atoms with Gasteiger partial charge in [-0.05, 0) is 48.6 Å². The van der Waals surface area contributed by atoms with E-state index in [4.69, 9.17) is 16.3 Å². The van der Waals surface area contributed by atoms with Crippen molar-refractivity contribution in [2.75, 3.05) is 30.8 Å². The van der Waals surface area contributed by atoms with Crippen LogP contribution in [0.5, 0.6) is 5.75 Å². The van der Waals surface area contributed by atoms with Gasteiger partial charge in [0.25, 0.3) is 0 Å². The van der Waals surface area contributed by atoms with Gasteiger partial charge in [0.15, 0.2) is 0 Å². The molecule has 0 aliphatic heterocycles. The second-order valence-electron chi connectivity index (χ2n) is 11.1. The highest BCUT2D eigenvalue weighted by molar-refractivity contribution is 7.92. The lowest BCUT2D eigenvalue weighted by Crippen LogP contribution is -2.51. The van der Waals surface area contributed by atoms with Gasteiger partial charge in [-0.25, -0.2) is 8.42 Å². The molecule has 3 rings (SSSR count). The lowest BCUT2D eigenvalue weighted by atomic mass is 10.0. The predicted molar refractivity (Wildman–Crippen MR) is 173 cm³/mol. The van der Waals surface area contributed by atoms with Crippen LogP contribution < -0.4 is 14.4 Å². The van der Waals surface area contributed by atoms with Crippen molar-refractivity contribution in [3.05, 3.63) is 94.5 Å². The Hall–Kier alpha value is -3.56. The minimum atomic E-state index is -3.67. The number of nitrogens with zero attached hydrogens (tertiary/aromatic N) is 2. The van der Waals surface area contributed by atoms with Gasteiger partial charge in [-0.1, -0.05) is 85.6 Å². The van der Waals surface area contributed by atoms with Crippen LogP contribution >= 0.6 is 11.6 Å². The van der Waals surface area contributed by atoms with Crippen LogP contribution in [0.25, 0.3) is 0 Å². The Morgan fingerprint density at radius 1 is 0.977 bits per heavy atom. The normalized spacial score (nSPS) is 12.1. The predicted octanol–water partition coefficient (Wildman–Crippen LogP) is 5.62. The summed E-state index contributed by atoms with van der Waals surface area (Å²) in [5.74, 6) is 0.225. The molecule has 10 heteroatoms. The Morgan fingerprint density at radius 2 is 1.65 bits per heavy atom. The lowest BCUT2D eigenvalue weighted by Gasteiger charge is -2.32. The van der Waals surface area contributed by atoms with Gasteiger partial charge in [0, 0.05) is 32.5 Å². The van der Waals surface area contributed by atoms with Crippen LogP contribution in [0, 0.1) is 12.8 Å². The van der Waals surface area contributed by atoms with Crippen LogP contribution in [0.2, 0.25) is 5.02 Å². The zero-order valence-corrected chi connectivity index (χ0v) is 27.1. The van der Waals surface area contributed by atoms with Crippen LogP contribution in [0.3, 0.4) is 0 Å². The molecule has 0 radical (unpaired) electrons. The molecule has 1 atom stereocenters. The second-order valence-corrected chi connectivity index (χ2v) is 13.4. The first-order valence-electron chi connectivity index (χ1n) is 14.4. The Kier molecular flexibility index (Phi) is 12.5. The van der Waals surface area contributed by atoms with Crippen LogP contribution in [0.15, 0.2) is 72.8 Å². The van der Waals surface area contributed by atoms with E-state index in [9.17, 15) is 18.0 Å². The van der Waals surface area contributed by atoms with E-state index in [2.05, 4.69) is 5.32 Å². The molecule has 0 saturated heterocycles. The zero-order chi connectivity index (χ0) is 31.6. The molecule has 0 saturated carbocycles. The number of carbonyl (C=O) groups excluding carboxylic acids is 2. The maximum absolute atomic E-state index is 13.9. The Balaban J connectivity index is 1.88. The highest BCUT2D eigenvalue weighted by Crippen LogP contribution is 2.30. The summed E-state index contributed by atoms with van der Waals surface area (Å²) < 4.78 is 31.8. The maximum atomic E-state index is 13.9. The number of sulfonamides is 1. The number of amides is 2. The molecule has 8 nitrogen and oxygen atoms in total. The Morgan fingerprint density at radius 3 is 2.23 bits per heavy atom. The number of aryl methyl sites for hydroxylation is 1. The van der Waals surface area contributed by atoms with E-state index in [1.165, 1.54) is 17.5 Å². The first-order valence-corrected chi connectivity index (χ1v) is 16.6. The summed E-state index contributed by atoms with van der Waals surface area (Å²) in [6, 6.07) is 21.5. The standard InChI is InChI=1S/C33H42ClN3O5S/c1-24(2)22-35-33(39)30(20-26-10-7-6-8-11-26)36(23-27-15-13-25(3)14-16-27)32(38)12-9-19-37(43(5,40)41)28-17-18-31(42-4)29(34)21-28/h6-8,10-11,13-18,21,24,30H,9,12,19-20,22-23H2,1-5H3,(H,35,39)/t30-/m1/s1. The van der Waals surface area contributed by atoms with Gasteiger partial charge in [0.1, 0.15) is 11.8 Å². The second kappa shape index (κ2) is 15.8. The number of ether oxygens (including phenoxy) is 1. The van der Waals surface area contributed by atoms with Gasteiger partial charge >= 0.3 is 0 Å². The van der Waals surface area contributed by atoms with Crippen molar-refractivity contribution >= 4 is 39.1 Å². The average molecular weight is 628 g/mol. The Labute approximate surface area is 261 Å². The van der Waals surface area contributed by atoms with Crippen LogP contribution in [0.1, 0.15) is 43.4 Å². The van der Waals surface area contributed by atoms with Crippen LogP contribution in [-0.2, 0) is 32.6 Å². The highest BCUT2D eigenvalue weighted by Gasteiger charge is 2.30. The molecule has 43 heavy (non-hydrogen) atoms. The number of anilines is 1. The van der Waals surface area contributed by atoms with Crippen molar-refractivity contribution in [2.45, 2.75) is 52.6 Å². The molecular formula is C33H42ClN3O5S. The quantitative estimate of drug-likeness (QED) is 0.236. The number of rotatable bonds is 15. The van der Waals surface area contributed by atoms with E-state index in [0.29, 0.717) is 24.4 Å². The average Bonchev–Trinajstić information content (AvgIpc) is 2.96. The molecule has 232 valence electrons. The number of hydrogen-bond donors (Lipinski definition) is 1. The number of benzene rings is 3. The van der Waals surface area contributed by atoms with Gasteiger partial charge in [-0.2, -0.15) is 0 Å². The summed E-state index contributed by atoms with van der Waals surface area (Å²) in [4.78, 5) is 29.2. The first kappa shape index (κ1) is 33.9. The summed E-state index contributed by atoms with van der Waals surface area (Å²) in [6.07, 6.45) is 1.75. The molecule has 2 amide bonds. The smallest absolute Gasteiger partial charge is 0.243 e. The van der Waals surface area contributed by atoms with Gasteiger partial charge in [0.05, 0.1) is 24.1 Å². The van der Waals surface area contributed by atoms with Crippen molar-refractivity contribution in [1.82, 2.24) is 10.2 Å². The van der Waals surface area contributed by atoms with E-state index in [1.807, 2.05) is 75.4 Å². The summed E-state index contributed by atoms with van der Waals surface area (Å²) >= 11 is 6.27. The van der Waals surface area contributed by atoms with Crippen LogP contribution in [0.4, 0.5) is 5.69 Å². The number of halogens is 1. The van der Waals surface area contributed by atoms with Crippen molar-refractivity contribution in [3.8, 4) is 5.75 Å². The third-order valence-corrected chi connectivity index (χ3v) is 8.49. The molecule has 0 aliphatic rings. The van der Waals surface area contributed by atoms with E-state index < -0.39 is 16.1 Å². The monoisotopic (exact) mass is 627 g/mol. The molecule has 0 aromatic heterocycles. The van der Waals surface area contributed by atoms with Gasteiger partial charge in [0.2, 0.25) is 21.8 Å². The number of carbonyl (C=O) groups is 2. The number of methoxy groups -OCH3 is 1. The topological polar surface area (TPSA) is 96.0 Å². The number of hydrogen-bond acceptors (Lipinski definition) is 5. The summed E-state index contributed by atoms with van der Waals surface area (Å²) in [6.45, 7) is 6.83. The fraction of sp³-hybridized carbons (Fsp3) is 0.394. The van der Waals surface area contributed by atoms with Gasteiger partial charge < -0.3 is 15.0 Å². The lowest BCUT2D eigenvalue weighted by molar-refractivity contribution is -0.141. The highest BCUT2D eigenvalue weighted by atomic mass is 35.5. The van der Waals surface area contributed by atoms with Gasteiger partial charge in [-0.3, -0.25) is 13.9 Å². The molecule has 0 aliphatic carbocycles. The third-order valence-electron chi connectivity index (χ3n) is 7.00. The largest absolute Gasteiger partial charge is 0.495 e. The minimum Gasteiger partial charge on any atom is -0.495 e. The van der Waals surface area contributed by atoms with Crippen molar-refractivity contribution < 1.29 is 22.7 Å². The fourth-order valence-corrected chi connectivity index (χ4v) is 5.89. The van der Waals surface area contributed by atoms with Crippen molar-refractivity contribution in [3.63, 3.8) is 0 Å². The zero-order valence-electron chi connectivity index (χ0n) is 25.5. The molecule has 0 unspecified atom stereocenters. The Bertz CT molecular complexity index is 1460. The van der Waals surface area contributed by atoms with E-state index >= 15 is 0 Å². The molecule has 3 aromatic carbocycles. The third kappa shape index (κ3) is 10.3. The summed E-state index contributed by atoms with van der Waals surface area (Å²) in [5, 5.41) is 3.30. The molecule has 0 heterocycles. The molecule has 3 aromatic rings. The van der Waals surface area contributed by atoms with Crippen molar-refractivity contribution in [1.29, 1.82) is 0 Å². The van der Waals surface area contributed by atoms with Crippen LogP contribution in [-0.4, -0.2) is 57.6 Å². The van der Waals surface area contributed by atoms with E-state index in [1.54, 1.807) is 17.0 Å². The molecule has 1 N–H and O–H groups in total. The molecule has 0 fully saturated rings. The molecule has 0 bridgehead atoms. The SMILES string of the molecule is COc1ccc(N(CCCC(=O)N(Cc2ccc(C)cc2)[C@H](Cc2ccccc2)C(=O)NCC(C)C)S(C)(=O)=O)cc1Cl. The van der Waals surface area contributed by atoms with E-state index in [-0.39, 0.29) is 48.7 Å². The van der Waals surface area contributed by atoms with E-state index in [0.717, 1.165) is 22.9 Å². The maximum Gasteiger partial charge on any atom is 0.243 e. The van der Waals surface area contributed by atoms with Crippen molar-refractivity contribution in [2.24, 2.45) is 5.92 Å². The first-order chi connectivity index (χ1) is 20.4. The minimum absolute atomic E-state index is 0.0461. The fourth-order valence-electron chi connectivity index (χ4n) is 4.68.